The van der Waals surface area contributed by atoms with Crippen LogP contribution in [0.5, 0.6) is 0 Å². The molecular formula is C28H33N5O7. The maximum absolute atomic E-state index is 13.4. The highest BCUT2D eigenvalue weighted by Gasteiger charge is 2.31. The number of nitrogens with one attached hydrogen (secondary N) is 4. The van der Waals surface area contributed by atoms with E-state index in [1.807, 2.05) is 24.3 Å². The second-order valence-corrected chi connectivity index (χ2v) is 9.50. The van der Waals surface area contributed by atoms with E-state index >= 15 is 0 Å². The highest BCUT2D eigenvalue weighted by atomic mass is 16.4. The second kappa shape index (κ2) is 13.9. The lowest BCUT2D eigenvalue weighted by molar-refractivity contribution is -0.142. The van der Waals surface area contributed by atoms with E-state index in [1.54, 1.807) is 36.5 Å². The predicted octanol–water partition coefficient (Wildman–Crippen LogP) is 0.704. The van der Waals surface area contributed by atoms with Crippen molar-refractivity contribution in [2.75, 3.05) is 0 Å². The molecule has 0 radical (unpaired) electrons. The molecule has 3 amide bonds. The Kier molecular flexibility index (Phi) is 10.4. The van der Waals surface area contributed by atoms with Crippen LogP contribution >= 0.6 is 0 Å². The van der Waals surface area contributed by atoms with Gasteiger partial charge in [-0.15, -0.1) is 0 Å². The standard InChI is InChI=1S/C28H33N5O7/c1-16(29)25(36)31-21(11-12-24(34)35)26(37)32-22(13-17-7-3-2-4-8-17)27(38)33-23(28(39)40)14-18-15-30-20-10-6-5-9-19(18)20/h2-10,15-16,21-23,30H,11-14,29H2,1H3,(H,31,36)(H,32,37)(H,33,38)(H,34,35)(H,39,40). The van der Waals surface area contributed by atoms with Crippen molar-refractivity contribution in [2.45, 2.75) is 56.8 Å². The Bertz CT molecular complexity index is 1360. The van der Waals surface area contributed by atoms with Gasteiger partial charge in [0.25, 0.3) is 0 Å². The van der Waals surface area contributed by atoms with Crippen molar-refractivity contribution in [3.05, 3.63) is 71.9 Å². The lowest BCUT2D eigenvalue weighted by atomic mass is 10.0. The molecule has 0 bridgehead atoms. The summed E-state index contributed by atoms with van der Waals surface area (Å²) in [6.07, 6.45) is 1.04. The van der Waals surface area contributed by atoms with Gasteiger partial charge in [-0.2, -0.15) is 0 Å². The van der Waals surface area contributed by atoms with Gasteiger partial charge in [0.15, 0.2) is 0 Å². The topological polar surface area (TPSA) is 204 Å². The van der Waals surface area contributed by atoms with Gasteiger partial charge in [-0.1, -0.05) is 48.5 Å². The van der Waals surface area contributed by atoms with Crippen molar-refractivity contribution >= 4 is 40.6 Å². The van der Waals surface area contributed by atoms with Crippen molar-refractivity contribution in [2.24, 2.45) is 5.73 Å². The zero-order valence-corrected chi connectivity index (χ0v) is 21.9. The lowest BCUT2D eigenvalue weighted by Gasteiger charge is -2.25. The fourth-order valence-electron chi connectivity index (χ4n) is 4.16. The van der Waals surface area contributed by atoms with Crippen LogP contribution < -0.4 is 21.7 Å². The van der Waals surface area contributed by atoms with Gasteiger partial charge >= 0.3 is 11.9 Å². The number of H-pyrrole nitrogens is 1. The molecular weight excluding hydrogens is 518 g/mol. The summed E-state index contributed by atoms with van der Waals surface area (Å²) in [5, 5.41) is 27.3. The minimum absolute atomic E-state index is 0.0111. The summed E-state index contributed by atoms with van der Waals surface area (Å²) >= 11 is 0. The number of carboxylic acids is 2. The fourth-order valence-corrected chi connectivity index (χ4v) is 4.16. The van der Waals surface area contributed by atoms with E-state index in [2.05, 4.69) is 20.9 Å². The maximum Gasteiger partial charge on any atom is 0.326 e. The van der Waals surface area contributed by atoms with E-state index in [1.165, 1.54) is 6.92 Å². The number of para-hydroxylation sites is 1. The Morgan fingerprint density at radius 2 is 1.40 bits per heavy atom. The van der Waals surface area contributed by atoms with E-state index in [-0.39, 0.29) is 19.3 Å². The number of benzene rings is 2. The number of aromatic nitrogens is 1. The average Bonchev–Trinajstić information content (AvgIpc) is 3.33. The summed E-state index contributed by atoms with van der Waals surface area (Å²) in [6.45, 7) is 1.41. The van der Waals surface area contributed by atoms with E-state index in [0.717, 1.165) is 10.9 Å². The average molecular weight is 552 g/mol. The summed E-state index contributed by atoms with van der Waals surface area (Å²) in [5.74, 6) is -4.64. The van der Waals surface area contributed by atoms with Gasteiger partial charge in [0, 0.05) is 36.4 Å². The molecule has 4 unspecified atom stereocenters. The molecule has 0 saturated heterocycles. The van der Waals surface area contributed by atoms with Crippen LogP contribution in [-0.2, 0) is 36.8 Å². The highest BCUT2D eigenvalue weighted by Crippen LogP contribution is 2.19. The number of hydrogen-bond acceptors (Lipinski definition) is 6. The quantitative estimate of drug-likeness (QED) is 0.152. The van der Waals surface area contributed by atoms with Gasteiger partial charge in [0.2, 0.25) is 17.7 Å². The Labute approximate surface area is 230 Å². The molecule has 0 aliphatic rings. The van der Waals surface area contributed by atoms with Gasteiger partial charge in [-0.05, 0) is 30.5 Å². The summed E-state index contributed by atoms with van der Waals surface area (Å²) in [7, 11) is 0. The number of amides is 3. The van der Waals surface area contributed by atoms with E-state index < -0.39 is 60.2 Å². The molecule has 8 N–H and O–H groups in total. The molecule has 12 nitrogen and oxygen atoms in total. The molecule has 0 aliphatic carbocycles. The normalized spacial score (nSPS) is 13.9. The molecule has 3 rings (SSSR count). The van der Waals surface area contributed by atoms with Gasteiger partial charge < -0.3 is 36.9 Å². The van der Waals surface area contributed by atoms with Crippen molar-refractivity contribution in [1.82, 2.24) is 20.9 Å². The van der Waals surface area contributed by atoms with Crippen LogP contribution in [0.25, 0.3) is 10.9 Å². The lowest BCUT2D eigenvalue weighted by Crippen LogP contribution is -2.57. The monoisotopic (exact) mass is 551 g/mol. The number of carboxylic acid groups (broad SMARTS) is 2. The number of rotatable bonds is 14. The number of carbonyl (C=O) groups is 5. The second-order valence-electron chi connectivity index (χ2n) is 9.50. The van der Waals surface area contributed by atoms with Crippen molar-refractivity contribution < 1.29 is 34.2 Å². The molecule has 0 aliphatic heterocycles. The fraction of sp³-hybridized carbons (Fsp3) is 0.321. The van der Waals surface area contributed by atoms with Crippen LogP contribution in [0.3, 0.4) is 0 Å². The molecule has 2 aromatic carbocycles. The first-order valence-electron chi connectivity index (χ1n) is 12.8. The number of aliphatic carboxylic acids is 2. The Morgan fingerprint density at radius 3 is 2.05 bits per heavy atom. The molecule has 0 spiro atoms. The van der Waals surface area contributed by atoms with Crippen molar-refractivity contribution in [1.29, 1.82) is 0 Å². The molecule has 40 heavy (non-hydrogen) atoms. The van der Waals surface area contributed by atoms with Crippen LogP contribution in [0.15, 0.2) is 60.8 Å². The summed E-state index contributed by atoms with van der Waals surface area (Å²) in [6, 6.07) is 11.4. The van der Waals surface area contributed by atoms with Gasteiger partial charge in [-0.25, -0.2) is 4.79 Å². The maximum atomic E-state index is 13.4. The van der Waals surface area contributed by atoms with Crippen LogP contribution in [0, 0.1) is 0 Å². The minimum atomic E-state index is -1.30. The summed E-state index contributed by atoms with van der Waals surface area (Å²) in [5.41, 5.74) is 7.79. The largest absolute Gasteiger partial charge is 0.481 e. The smallest absolute Gasteiger partial charge is 0.326 e. The van der Waals surface area contributed by atoms with Crippen molar-refractivity contribution in [3.63, 3.8) is 0 Å². The van der Waals surface area contributed by atoms with Gasteiger partial charge in [0.05, 0.1) is 6.04 Å². The number of nitrogens with two attached hydrogens (primary N) is 1. The molecule has 3 aromatic rings. The highest BCUT2D eigenvalue weighted by molar-refractivity contribution is 5.94. The Hall–Kier alpha value is -4.71. The first kappa shape index (κ1) is 29.8. The number of hydrogen-bond donors (Lipinski definition) is 7. The zero-order valence-electron chi connectivity index (χ0n) is 21.9. The first-order chi connectivity index (χ1) is 19.0. The van der Waals surface area contributed by atoms with E-state index in [9.17, 15) is 29.1 Å². The van der Waals surface area contributed by atoms with E-state index in [0.29, 0.717) is 11.1 Å². The molecule has 1 aromatic heterocycles. The van der Waals surface area contributed by atoms with Crippen LogP contribution in [0.4, 0.5) is 0 Å². The molecule has 1 heterocycles. The predicted molar refractivity (Wildman–Crippen MR) is 146 cm³/mol. The Morgan fingerprint density at radius 1 is 0.800 bits per heavy atom. The number of aromatic amines is 1. The molecule has 4 atom stereocenters. The molecule has 12 heteroatoms. The van der Waals surface area contributed by atoms with Crippen LogP contribution in [-0.4, -0.2) is 69.0 Å². The third-order valence-electron chi connectivity index (χ3n) is 6.32. The molecule has 0 saturated carbocycles. The minimum Gasteiger partial charge on any atom is -0.481 e. The Balaban J connectivity index is 1.82. The first-order valence-corrected chi connectivity index (χ1v) is 12.8. The summed E-state index contributed by atoms with van der Waals surface area (Å²) in [4.78, 5) is 65.1. The van der Waals surface area contributed by atoms with Gasteiger partial charge in [0.1, 0.15) is 18.1 Å². The molecule has 0 fully saturated rings. The summed E-state index contributed by atoms with van der Waals surface area (Å²) < 4.78 is 0. The van der Waals surface area contributed by atoms with Gasteiger partial charge in [-0.3, -0.25) is 19.2 Å². The molecule has 212 valence electrons. The van der Waals surface area contributed by atoms with Crippen molar-refractivity contribution in [3.8, 4) is 0 Å². The number of carbonyl (C=O) groups excluding carboxylic acids is 3. The van der Waals surface area contributed by atoms with Crippen LogP contribution in [0.2, 0.25) is 0 Å². The van der Waals surface area contributed by atoms with Crippen LogP contribution in [0.1, 0.15) is 30.9 Å². The third kappa shape index (κ3) is 8.40. The van der Waals surface area contributed by atoms with E-state index in [4.69, 9.17) is 10.8 Å². The SMILES string of the molecule is CC(N)C(=O)NC(CCC(=O)O)C(=O)NC(Cc1ccccc1)C(=O)NC(Cc1c[nH]c2ccccc12)C(=O)O. The third-order valence-corrected chi connectivity index (χ3v) is 6.32. The zero-order chi connectivity index (χ0) is 29.2. The number of fused-ring (bicyclic) bond motifs is 1.